The molecule has 0 aliphatic heterocycles. The maximum absolute atomic E-state index is 6.28. The monoisotopic (exact) mass is 198 g/mol. The highest BCUT2D eigenvalue weighted by molar-refractivity contribution is 5.84. The highest BCUT2D eigenvalue weighted by Gasteiger charge is 2.41. The van der Waals surface area contributed by atoms with Gasteiger partial charge in [0.15, 0.2) is 0 Å². The highest BCUT2D eigenvalue weighted by atomic mass is 14.8. The van der Waals surface area contributed by atoms with Crippen LogP contribution in [0.3, 0.4) is 0 Å². The molecule has 1 heterocycles. The Morgan fingerprint density at radius 3 is 2.87 bits per heavy atom. The number of nitrogens with zero attached hydrogens (tertiary/aromatic N) is 1. The van der Waals surface area contributed by atoms with Crippen LogP contribution in [-0.4, -0.2) is 4.98 Å². The van der Waals surface area contributed by atoms with Crippen LogP contribution in [0, 0.1) is 6.92 Å². The third kappa shape index (κ3) is 1.33. The third-order valence-electron chi connectivity index (χ3n) is 3.19. The van der Waals surface area contributed by atoms with Crippen molar-refractivity contribution in [2.45, 2.75) is 25.3 Å². The van der Waals surface area contributed by atoms with Crippen molar-refractivity contribution in [3.05, 3.63) is 41.6 Å². The number of nitrogens with two attached hydrogens (primary N) is 1. The summed E-state index contributed by atoms with van der Waals surface area (Å²) >= 11 is 0. The lowest BCUT2D eigenvalue weighted by Gasteiger charge is -2.13. The summed E-state index contributed by atoms with van der Waals surface area (Å²) in [5.41, 5.74) is 9.77. The van der Waals surface area contributed by atoms with Crippen molar-refractivity contribution >= 4 is 10.9 Å². The lowest BCUT2D eigenvalue weighted by Crippen LogP contribution is -2.19. The summed E-state index contributed by atoms with van der Waals surface area (Å²) in [5.74, 6) is 0. The standard InChI is InChI=1S/C13H14N2/c1-9-7-11(13(14)4-5-13)10-3-2-6-15-12(10)8-9/h2-3,6-8H,4-5,14H2,1H3. The summed E-state index contributed by atoms with van der Waals surface area (Å²) in [6.07, 6.45) is 4.03. The molecule has 1 saturated carbocycles. The van der Waals surface area contributed by atoms with Crippen LogP contribution in [0.25, 0.3) is 10.9 Å². The normalized spacial score (nSPS) is 18.0. The average molecular weight is 198 g/mol. The minimum absolute atomic E-state index is 0.0761. The van der Waals surface area contributed by atoms with Gasteiger partial charge in [0.1, 0.15) is 0 Å². The van der Waals surface area contributed by atoms with Gasteiger partial charge in [-0.05, 0) is 43.0 Å². The fourth-order valence-electron chi connectivity index (χ4n) is 2.14. The van der Waals surface area contributed by atoms with Crippen LogP contribution in [0.5, 0.6) is 0 Å². The Morgan fingerprint density at radius 2 is 2.13 bits per heavy atom. The van der Waals surface area contributed by atoms with Crippen molar-refractivity contribution < 1.29 is 0 Å². The second-order valence-electron chi connectivity index (χ2n) is 4.54. The van der Waals surface area contributed by atoms with Gasteiger partial charge < -0.3 is 5.73 Å². The van der Waals surface area contributed by atoms with Crippen LogP contribution in [0.15, 0.2) is 30.5 Å². The van der Waals surface area contributed by atoms with Crippen LogP contribution in [0.4, 0.5) is 0 Å². The van der Waals surface area contributed by atoms with Gasteiger partial charge in [0, 0.05) is 17.1 Å². The molecule has 1 aromatic carbocycles. The summed E-state index contributed by atoms with van der Waals surface area (Å²) in [4.78, 5) is 4.39. The van der Waals surface area contributed by atoms with Crippen LogP contribution >= 0.6 is 0 Å². The van der Waals surface area contributed by atoms with Gasteiger partial charge in [-0.15, -0.1) is 0 Å². The van der Waals surface area contributed by atoms with Gasteiger partial charge in [0.2, 0.25) is 0 Å². The van der Waals surface area contributed by atoms with Crippen molar-refractivity contribution in [2.24, 2.45) is 5.73 Å². The van der Waals surface area contributed by atoms with E-state index in [1.807, 2.05) is 12.3 Å². The van der Waals surface area contributed by atoms with E-state index in [1.54, 1.807) is 0 Å². The number of aryl methyl sites for hydroxylation is 1. The molecular formula is C13H14N2. The van der Waals surface area contributed by atoms with E-state index in [9.17, 15) is 0 Å². The van der Waals surface area contributed by atoms with Crippen molar-refractivity contribution in [1.29, 1.82) is 0 Å². The molecule has 2 nitrogen and oxygen atoms in total. The molecule has 1 fully saturated rings. The minimum atomic E-state index is -0.0761. The molecule has 0 bridgehead atoms. The first kappa shape index (κ1) is 8.86. The van der Waals surface area contributed by atoms with Gasteiger partial charge in [-0.2, -0.15) is 0 Å². The molecule has 0 saturated heterocycles. The SMILES string of the molecule is Cc1cc(C2(N)CC2)c2cccnc2c1. The molecule has 0 amide bonds. The van der Waals surface area contributed by atoms with Crippen LogP contribution < -0.4 is 5.73 Å². The Balaban J connectivity index is 2.36. The number of fused-ring (bicyclic) bond motifs is 1. The molecule has 0 spiro atoms. The predicted molar refractivity (Wildman–Crippen MR) is 61.6 cm³/mol. The molecule has 2 heteroatoms. The van der Waals surface area contributed by atoms with E-state index < -0.39 is 0 Å². The first-order valence-electron chi connectivity index (χ1n) is 5.34. The Bertz CT molecular complexity index is 527. The Morgan fingerprint density at radius 1 is 1.33 bits per heavy atom. The second-order valence-corrected chi connectivity index (χ2v) is 4.54. The molecule has 2 aromatic rings. The number of benzene rings is 1. The lowest BCUT2D eigenvalue weighted by molar-refractivity contribution is 0.747. The molecule has 2 N–H and O–H groups in total. The summed E-state index contributed by atoms with van der Waals surface area (Å²) in [6, 6.07) is 8.42. The molecule has 1 aliphatic carbocycles. The fraction of sp³-hybridized carbons (Fsp3) is 0.308. The van der Waals surface area contributed by atoms with Crippen LogP contribution in [0.1, 0.15) is 24.0 Å². The quantitative estimate of drug-likeness (QED) is 0.764. The maximum Gasteiger partial charge on any atom is 0.0708 e. The van der Waals surface area contributed by atoms with Gasteiger partial charge >= 0.3 is 0 Å². The van der Waals surface area contributed by atoms with Crippen molar-refractivity contribution in [3.63, 3.8) is 0 Å². The summed E-state index contributed by atoms with van der Waals surface area (Å²) < 4.78 is 0. The van der Waals surface area contributed by atoms with Gasteiger partial charge in [0.25, 0.3) is 0 Å². The van der Waals surface area contributed by atoms with Gasteiger partial charge in [-0.1, -0.05) is 12.1 Å². The van der Waals surface area contributed by atoms with Crippen LogP contribution in [-0.2, 0) is 5.54 Å². The molecule has 3 rings (SSSR count). The van der Waals surface area contributed by atoms with E-state index in [-0.39, 0.29) is 5.54 Å². The molecular weight excluding hydrogens is 184 g/mol. The molecule has 0 unspecified atom stereocenters. The van der Waals surface area contributed by atoms with E-state index in [0.717, 1.165) is 18.4 Å². The lowest BCUT2D eigenvalue weighted by atomic mass is 9.98. The van der Waals surface area contributed by atoms with Crippen molar-refractivity contribution in [2.75, 3.05) is 0 Å². The van der Waals surface area contributed by atoms with E-state index >= 15 is 0 Å². The van der Waals surface area contributed by atoms with Gasteiger partial charge in [-0.25, -0.2) is 0 Å². The zero-order chi connectivity index (χ0) is 10.5. The Labute approximate surface area is 89.1 Å². The molecule has 0 radical (unpaired) electrons. The summed E-state index contributed by atoms with van der Waals surface area (Å²) in [5, 5.41) is 1.21. The first-order chi connectivity index (χ1) is 7.19. The van der Waals surface area contributed by atoms with Crippen molar-refractivity contribution in [3.8, 4) is 0 Å². The topological polar surface area (TPSA) is 38.9 Å². The predicted octanol–water partition coefficient (Wildman–Crippen LogP) is 2.49. The average Bonchev–Trinajstić information content (AvgIpc) is 2.96. The third-order valence-corrected chi connectivity index (χ3v) is 3.19. The minimum Gasteiger partial charge on any atom is -0.321 e. The highest BCUT2D eigenvalue weighted by Crippen LogP contribution is 2.45. The van der Waals surface area contributed by atoms with Crippen molar-refractivity contribution in [1.82, 2.24) is 4.98 Å². The summed E-state index contributed by atoms with van der Waals surface area (Å²) in [7, 11) is 0. The molecule has 1 aliphatic rings. The van der Waals surface area contributed by atoms with E-state index in [2.05, 4.69) is 30.1 Å². The number of pyridine rings is 1. The van der Waals surface area contributed by atoms with E-state index in [4.69, 9.17) is 5.73 Å². The number of hydrogen-bond acceptors (Lipinski definition) is 2. The van der Waals surface area contributed by atoms with E-state index in [1.165, 1.54) is 16.5 Å². The van der Waals surface area contributed by atoms with Crippen LogP contribution in [0.2, 0.25) is 0 Å². The number of hydrogen-bond donors (Lipinski definition) is 1. The Kier molecular flexibility index (Phi) is 1.65. The molecule has 1 aromatic heterocycles. The summed E-state index contributed by atoms with van der Waals surface area (Å²) in [6.45, 7) is 2.10. The molecule has 15 heavy (non-hydrogen) atoms. The zero-order valence-electron chi connectivity index (χ0n) is 8.83. The van der Waals surface area contributed by atoms with Gasteiger partial charge in [-0.3, -0.25) is 4.98 Å². The fourth-order valence-corrected chi connectivity index (χ4v) is 2.14. The largest absolute Gasteiger partial charge is 0.321 e. The van der Waals surface area contributed by atoms with Gasteiger partial charge in [0.05, 0.1) is 5.52 Å². The Hall–Kier alpha value is -1.41. The number of aromatic nitrogens is 1. The molecule has 0 atom stereocenters. The second kappa shape index (κ2) is 2.80. The van der Waals surface area contributed by atoms with E-state index in [0.29, 0.717) is 0 Å². The number of rotatable bonds is 1. The maximum atomic E-state index is 6.28. The smallest absolute Gasteiger partial charge is 0.0708 e. The first-order valence-corrected chi connectivity index (χ1v) is 5.34. The zero-order valence-corrected chi connectivity index (χ0v) is 8.83. The molecule has 76 valence electrons.